The molecule has 0 radical (unpaired) electrons. The number of anilines is 3. The number of ether oxygens (including phenoxy) is 1. The van der Waals surface area contributed by atoms with E-state index in [1.807, 2.05) is 36.4 Å². The fourth-order valence-electron chi connectivity index (χ4n) is 2.35. The quantitative estimate of drug-likeness (QED) is 0.790. The third-order valence-corrected chi connectivity index (χ3v) is 3.32. The van der Waals surface area contributed by atoms with Gasteiger partial charge in [-0.2, -0.15) is 0 Å². The van der Waals surface area contributed by atoms with Gasteiger partial charge in [0, 0.05) is 17.9 Å². The first-order valence-electron chi connectivity index (χ1n) is 6.90. The van der Waals surface area contributed by atoms with Gasteiger partial charge in [-0.15, -0.1) is 0 Å². The highest BCUT2D eigenvalue weighted by molar-refractivity contribution is 6.02. The number of hydrogen-bond donors (Lipinski definition) is 2. The minimum atomic E-state index is -0.182. The Morgan fingerprint density at radius 1 is 1.19 bits per heavy atom. The minimum absolute atomic E-state index is 0.182. The van der Waals surface area contributed by atoms with Gasteiger partial charge in [-0.25, -0.2) is 4.79 Å². The predicted molar refractivity (Wildman–Crippen MR) is 83.8 cm³/mol. The van der Waals surface area contributed by atoms with Crippen molar-refractivity contribution >= 4 is 23.1 Å². The van der Waals surface area contributed by atoms with E-state index >= 15 is 0 Å². The zero-order chi connectivity index (χ0) is 14.7. The number of carbonyl (C=O) groups excluding carboxylic acids is 1. The van der Waals surface area contributed by atoms with Gasteiger partial charge in [0.25, 0.3) is 0 Å². The van der Waals surface area contributed by atoms with Crippen molar-refractivity contribution in [1.29, 1.82) is 0 Å². The summed E-state index contributed by atoms with van der Waals surface area (Å²) >= 11 is 0. The maximum atomic E-state index is 12.5. The van der Waals surface area contributed by atoms with Crippen LogP contribution in [0.15, 0.2) is 48.5 Å². The highest BCUT2D eigenvalue weighted by Gasteiger charge is 2.21. The molecule has 2 amide bonds. The molecule has 108 valence electrons. The molecule has 0 atom stereocenters. The molecule has 5 heteroatoms. The summed E-state index contributed by atoms with van der Waals surface area (Å²) in [6, 6.07) is 14.5. The van der Waals surface area contributed by atoms with Crippen molar-refractivity contribution in [3.63, 3.8) is 0 Å². The summed E-state index contributed by atoms with van der Waals surface area (Å²) in [6.45, 7) is 1.23. The number of fused-ring (bicyclic) bond motifs is 1. The second-order valence-corrected chi connectivity index (χ2v) is 4.88. The number of benzene rings is 2. The SMILES string of the molecule is Nc1cccc(NC(=O)N2CCCOc3ccccc32)c1. The van der Waals surface area contributed by atoms with Crippen LogP contribution in [0.5, 0.6) is 5.75 Å². The van der Waals surface area contributed by atoms with Gasteiger partial charge < -0.3 is 15.8 Å². The second kappa shape index (κ2) is 5.75. The number of nitrogens with one attached hydrogen (secondary N) is 1. The van der Waals surface area contributed by atoms with Crippen LogP contribution < -0.4 is 20.7 Å². The van der Waals surface area contributed by atoms with E-state index in [-0.39, 0.29) is 6.03 Å². The molecule has 21 heavy (non-hydrogen) atoms. The Bertz CT molecular complexity index is 657. The first-order valence-corrected chi connectivity index (χ1v) is 6.90. The van der Waals surface area contributed by atoms with Gasteiger partial charge in [0.05, 0.1) is 12.3 Å². The van der Waals surface area contributed by atoms with Crippen molar-refractivity contribution in [2.45, 2.75) is 6.42 Å². The Morgan fingerprint density at radius 3 is 2.90 bits per heavy atom. The number of rotatable bonds is 1. The first-order chi connectivity index (χ1) is 10.2. The average Bonchev–Trinajstić information content (AvgIpc) is 2.69. The molecule has 2 aromatic rings. The lowest BCUT2D eigenvalue weighted by molar-refractivity contribution is 0.257. The fraction of sp³-hybridized carbons (Fsp3) is 0.188. The number of carbonyl (C=O) groups is 1. The maximum absolute atomic E-state index is 12.5. The second-order valence-electron chi connectivity index (χ2n) is 4.88. The van der Waals surface area contributed by atoms with Crippen LogP contribution in [0.1, 0.15) is 6.42 Å². The highest BCUT2D eigenvalue weighted by Crippen LogP contribution is 2.30. The Hall–Kier alpha value is -2.69. The van der Waals surface area contributed by atoms with Gasteiger partial charge >= 0.3 is 6.03 Å². The monoisotopic (exact) mass is 283 g/mol. The standard InChI is InChI=1S/C16H17N3O2/c17-12-5-3-6-13(11-12)18-16(20)19-9-4-10-21-15-8-2-1-7-14(15)19/h1-3,5-8,11H,4,9-10,17H2,(H,18,20). The van der Waals surface area contributed by atoms with E-state index in [2.05, 4.69) is 5.32 Å². The summed E-state index contributed by atoms with van der Waals surface area (Å²) in [6.07, 6.45) is 0.791. The first kappa shape index (κ1) is 13.3. The van der Waals surface area contributed by atoms with E-state index in [1.165, 1.54) is 0 Å². The molecule has 0 spiro atoms. The maximum Gasteiger partial charge on any atom is 0.326 e. The molecule has 5 nitrogen and oxygen atoms in total. The van der Waals surface area contributed by atoms with Crippen LogP contribution in [-0.4, -0.2) is 19.2 Å². The average molecular weight is 283 g/mol. The highest BCUT2D eigenvalue weighted by atomic mass is 16.5. The van der Waals surface area contributed by atoms with Crippen molar-refractivity contribution in [3.05, 3.63) is 48.5 Å². The van der Waals surface area contributed by atoms with Crippen molar-refractivity contribution in [1.82, 2.24) is 0 Å². The Balaban J connectivity index is 1.84. The third-order valence-electron chi connectivity index (χ3n) is 3.32. The van der Waals surface area contributed by atoms with Gasteiger partial charge in [0.1, 0.15) is 5.75 Å². The third kappa shape index (κ3) is 2.91. The van der Waals surface area contributed by atoms with E-state index in [1.54, 1.807) is 17.0 Å². The van der Waals surface area contributed by atoms with Crippen LogP contribution >= 0.6 is 0 Å². The summed E-state index contributed by atoms with van der Waals surface area (Å²) in [4.78, 5) is 14.2. The molecule has 1 aliphatic rings. The molecule has 0 unspecified atom stereocenters. The Labute approximate surface area is 123 Å². The van der Waals surface area contributed by atoms with E-state index in [4.69, 9.17) is 10.5 Å². The number of nitrogens with two attached hydrogens (primary N) is 1. The molecule has 2 aromatic carbocycles. The summed E-state index contributed by atoms with van der Waals surface area (Å²) in [5.41, 5.74) is 7.82. The Kier molecular flexibility index (Phi) is 3.64. The molecule has 0 aliphatic carbocycles. The van der Waals surface area contributed by atoms with E-state index in [0.717, 1.165) is 17.9 Å². The van der Waals surface area contributed by atoms with Crippen LogP contribution in [0.4, 0.5) is 21.9 Å². The topological polar surface area (TPSA) is 67.6 Å². The molecular formula is C16H17N3O2. The van der Waals surface area contributed by atoms with Gasteiger partial charge in [0.15, 0.2) is 0 Å². The summed E-state index contributed by atoms with van der Waals surface area (Å²) in [5.74, 6) is 0.734. The zero-order valence-corrected chi connectivity index (χ0v) is 11.6. The number of para-hydroxylation sites is 2. The number of hydrogen-bond acceptors (Lipinski definition) is 3. The smallest absolute Gasteiger partial charge is 0.326 e. The molecule has 0 fully saturated rings. The van der Waals surface area contributed by atoms with Crippen LogP contribution in [0.25, 0.3) is 0 Å². The fourth-order valence-corrected chi connectivity index (χ4v) is 2.35. The van der Waals surface area contributed by atoms with E-state index in [0.29, 0.717) is 24.5 Å². The largest absolute Gasteiger partial charge is 0.491 e. The summed E-state index contributed by atoms with van der Waals surface area (Å²) < 4.78 is 5.66. The number of nitrogen functional groups attached to an aromatic ring is 1. The van der Waals surface area contributed by atoms with E-state index in [9.17, 15) is 4.79 Å². The lowest BCUT2D eigenvalue weighted by Crippen LogP contribution is -2.35. The molecule has 0 saturated carbocycles. The van der Waals surface area contributed by atoms with Crippen molar-refractivity contribution < 1.29 is 9.53 Å². The van der Waals surface area contributed by atoms with E-state index < -0.39 is 0 Å². The van der Waals surface area contributed by atoms with Crippen molar-refractivity contribution in [2.75, 3.05) is 29.1 Å². The summed E-state index contributed by atoms with van der Waals surface area (Å²) in [5, 5.41) is 2.87. The molecule has 0 saturated heterocycles. The molecule has 1 aliphatic heterocycles. The molecule has 0 aromatic heterocycles. The molecule has 3 rings (SSSR count). The van der Waals surface area contributed by atoms with Crippen LogP contribution in [0.2, 0.25) is 0 Å². The zero-order valence-electron chi connectivity index (χ0n) is 11.6. The van der Waals surface area contributed by atoms with Crippen LogP contribution in [0, 0.1) is 0 Å². The summed E-state index contributed by atoms with van der Waals surface area (Å²) in [7, 11) is 0. The lowest BCUT2D eigenvalue weighted by Gasteiger charge is -2.22. The van der Waals surface area contributed by atoms with Crippen LogP contribution in [0.3, 0.4) is 0 Å². The normalized spacial score (nSPS) is 13.8. The van der Waals surface area contributed by atoms with Gasteiger partial charge in [0.2, 0.25) is 0 Å². The number of amides is 2. The van der Waals surface area contributed by atoms with Crippen molar-refractivity contribution in [3.8, 4) is 5.75 Å². The molecule has 0 bridgehead atoms. The Morgan fingerprint density at radius 2 is 2.05 bits per heavy atom. The van der Waals surface area contributed by atoms with Gasteiger partial charge in [-0.3, -0.25) is 4.90 Å². The minimum Gasteiger partial charge on any atom is -0.491 e. The van der Waals surface area contributed by atoms with Crippen molar-refractivity contribution in [2.24, 2.45) is 0 Å². The van der Waals surface area contributed by atoms with Crippen LogP contribution in [-0.2, 0) is 0 Å². The number of nitrogens with zero attached hydrogens (tertiary/aromatic N) is 1. The van der Waals surface area contributed by atoms with Gasteiger partial charge in [-0.05, 0) is 36.8 Å². The molecular weight excluding hydrogens is 266 g/mol. The molecule has 3 N–H and O–H groups in total. The molecule has 1 heterocycles. The lowest BCUT2D eigenvalue weighted by atomic mass is 10.2. The predicted octanol–water partition coefficient (Wildman–Crippen LogP) is 3.09. The van der Waals surface area contributed by atoms with Gasteiger partial charge in [-0.1, -0.05) is 18.2 Å². The number of urea groups is 1.